The molecule has 18 heavy (non-hydrogen) atoms. The molecule has 0 spiro atoms. The van der Waals surface area contributed by atoms with E-state index in [-0.39, 0.29) is 0 Å². The Kier molecular flexibility index (Phi) is 2.88. The molecule has 0 saturated heterocycles. The van der Waals surface area contributed by atoms with E-state index >= 15 is 0 Å². The maximum absolute atomic E-state index is 6.13. The highest BCUT2D eigenvalue weighted by Crippen LogP contribution is 2.25. The largest absolute Gasteiger partial charge is 0.338 e. The fourth-order valence-electron chi connectivity index (χ4n) is 2.28. The molecule has 0 saturated carbocycles. The monoisotopic (exact) mass is 261 g/mol. The van der Waals surface area contributed by atoms with Crippen molar-refractivity contribution in [3.63, 3.8) is 0 Å². The average molecular weight is 262 g/mol. The summed E-state index contributed by atoms with van der Waals surface area (Å²) in [6, 6.07) is 3.99. The Morgan fingerprint density at radius 3 is 2.94 bits per heavy atom. The molecule has 3 rings (SSSR count). The van der Waals surface area contributed by atoms with Gasteiger partial charge in [0.25, 0.3) is 0 Å². The van der Waals surface area contributed by atoms with Crippen LogP contribution in [0.4, 0.5) is 0 Å². The lowest BCUT2D eigenvalue weighted by molar-refractivity contribution is 0.369. The Hall–Kier alpha value is -1.32. The van der Waals surface area contributed by atoms with Crippen LogP contribution in [0, 0.1) is 6.92 Å². The second kappa shape index (κ2) is 4.41. The summed E-state index contributed by atoms with van der Waals surface area (Å²) < 4.78 is 0. The third-order valence-corrected chi connectivity index (χ3v) is 3.89. The van der Waals surface area contributed by atoms with Gasteiger partial charge in [-0.2, -0.15) is 0 Å². The van der Waals surface area contributed by atoms with E-state index in [1.807, 2.05) is 13.0 Å². The van der Waals surface area contributed by atoms with Crippen molar-refractivity contribution in [3.8, 4) is 0 Å². The van der Waals surface area contributed by atoms with Crippen LogP contribution < -0.4 is 0 Å². The zero-order valence-corrected chi connectivity index (χ0v) is 11.4. The number of benzene rings is 1. The van der Waals surface area contributed by atoms with E-state index in [1.165, 1.54) is 5.57 Å². The number of hydrogen-bond acceptors (Lipinski definition) is 2. The third-order valence-electron chi connectivity index (χ3n) is 3.48. The number of fused-ring (bicyclic) bond motifs is 1. The molecule has 0 bridgehead atoms. The summed E-state index contributed by atoms with van der Waals surface area (Å²) >= 11 is 6.13. The SMILES string of the molecule is Cc1cc2[nH]c(C3=CCN(C)CC3)nc2cc1Cl. The van der Waals surface area contributed by atoms with Gasteiger partial charge in [0.05, 0.1) is 11.0 Å². The van der Waals surface area contributed by atoms with Crippen molar-refractivity contribution in [2.75, 3.05) is 20.1 Å². The third kappa shape index (κ3) is 2.04. The Morgan fingerprint density at radius 2 is 2.22 bits per heavy atom. The summed E-state index contributed by atoms with van der Waals surface area (Å²) in [5.74, 6) is 0.986. The van der Waals surface area contributed by atoms with Gasteiger partial charge in [0, 0.05) is 18.1 Å². The Labute approximate surface area is 111 Å². The summed E-state index contributed by atoms with van der Waals surface area (Å²) in [7, 11) is 2.13. The first-order valence-electron chi connectivity index (χ1n) is 6.17. The van der Waals surface area contributed by atoms with Crippen LogP contribution in [0.1, 0.15) is 17.8 Å². The van der Waals surface area contributed by atoms with Crippen LogP contribution in [0.3, 0.4) is 0 Å². The molecule has 1 aromatic heterocycles. The van der Waals surface area contributed by atoms with Gasteiger partial charge < -0.3 is 9.88 Å². The normalized spacial score (nSPS) is 17.2. The van der Waals surface area contributed by atoms with Crippen LogP contribution in [-0.2, 0) is 0 Å². The first kappa shape index (κ1) is 11.8. The molecule has 1 aliphatic rings. The van der Waals surface area contributed by atoms with Gasteiger partial charge in [-0.05, 0) is 43.7 Å². The van der Waals surface area contributed by atoms with Crippen molar-refractivity contribution in [2.45, 2.75) is 13.3 Å². The highest BCUT2D eigenvalue weighted by Gasteiger charge is 2.13. The van der Waals surface area contributed by atoms with Gasteiger partial charge >= 0.3 is 0 Å². The number of aromatic nitrogens is 2. The maximum Gasteiger partial charge on any atom is 0.134 e. The van der Waals surface area contributed by atoms with Crippen LogP contribution in [0.5, 0.6) is 0 Å². The predicted octanol–water partition coefficient (Wildman–Crippen LogP) is 3.24. The molecule has 1 aliphatic heterocycles. The fraction of sp³-hybridized carbons (Fsp3) is 0.357. The molecule has 1 N–H and O–H groups in total. The Morgan fingerprint density at radius 1 is 1.39 bits per heavy atom. The maximum atomic E-state index is 6.13. The van der Waals surface area contributed by atoms with E-state index in [0.717, 1.165) is 47.0 Å². The van der Waals surface area contributed by atoms with Gasteiger partial charge in [-0.25, -0.2) is 4.98 Å². The minimum absolute atomic E-state index is 0.776. The number of halogens is 1. The smallest absolute Gasteiger partial charge is 0.134 e. The second-order valence-electron chi connectivity index (χ2n) is 4.95. The molecule has 94 valence electrons. The zero-order chi connectivity index (χ0) is 12.7. The van der Waals surface area contributed by atoms with Crippen molar-refractivity contribution in [1.29, 1.82) is 0 Å². The molecule has 1 aromatic carbocycles. The lowest BCUT2D eigenvalue weighted by Gasteiger charge is -2.20. The highest BCUT2D eigenvalue weighted by molar-refractivity contribution is 6.32. The summed E-state index contributed by atoms with van der Waals surface area (Å²) in [4.78, 5) is 10.3. The number of nitrogens with one attached hydrogen (secondary N) is 1. The van der Waals surface area contributed by atoms with Gasteiger partial charge in [-0.3, -0.25) is 0 Å². The molecule has 2 aromatic rings. The van der Waals surface area contributed by atoms with Crippen molar-refractivity contribution >= 4 is 28.2 Å². The Balaban J connectivity index is 2.03. The van der Waals surface area contributed by atoms with Crippen LogP contribution in [0.25, 0.3) is 16.6 Å². The number of nitrogens with zero attached hydrogens (tertiary/aromatic N) is 2. The van der Waals surface area contributed by atoms with Crippen LogP contribution in [0.2, 0.25) is 5.02 Å². The van der Waals surface area contributed by atoms with Crippen LogP contribution >= 0.6 is 11.6 Å². The first-order chi connectivity index (χ1) is 8.63. The van der Waals surface area contributed by atoms with E-state index < -0.39 is 0 Å². The fourth-order valence-corrected chi connectivity index (χ4v) is 2.44. The Bertz CT molecular complexity index is 588. The molecule has 2 heterocycles. The lowest BCUT2D eigenvalue weighted by Crippen LogP contribution is -2.23. The van der Waals surface area contributed by atoms with E-state index in [4.69, 9.17) is 11.6 Å². The van der Waals surface area contributed by atoms with E-state index in [1.54, 1.807) is 0 Å². The zero-order valence-electron chi connectivity index (χ0n) is 10.6. The molecule has 0 fully saturated rings. The van der Waals surface area contributed by atoms with Crippen LogP contribution in [0.15, 0.2) is 18.2 Å². The topological polar surface area (TPSA) is 31.9 Å². The number of H-pyrrole nitrogens is 1. The summed E-state index contributed by atoms with van der Waals surface area (Å²) in [5.41, 5.74) is 4.39. The number of likely N-dealkylation sites (N-methyl/N-ethyl adjacent to an activating group) is 1. The van der Waals surface area contributed by atoms with Gasteiger partial charge in [-0.15, -0.1) is 0 Å². The molecule has 0 aliphatic carbocycles. The van der Waals surface area contributed by atoms with Gasteiger partial charge in [0.15, 0.2) is 0 Å². The standard InChI is InChI=1S/C14H16ClN3/c1-9-7-12-13(8-11(9)15)17-14(16-12)10-3-5-18(2)6-4-10/h3,7-8H,4-6H2,1-2H3,(H,16,17). The molecule has 4 heteroatoms. The molecule has 0 unspecified atom stereocenters. The molecule has 3 nitrogen and oxygen atoms in total. The van der Waals surface area contributed by atoms with E-state index in [0.29, 0.717) is 0 Å². The number of aromatic amines is 1. The quantitative estimate of drug-likeness (QED) is 0.855. The minimum atomic E-state index is 0.776. The van der Waals surface area contributed by atoms with Crippen molar-refractivity contribution in [2.24, 2.45) is 0 Å². The molecule has 0 radical (unpaired) electrons. The second-order valence-corrected chi connectivity index (χ2v) is 5.35. The molecule has 0 atom stereocenters. The predicted molar refractivity (Wildman–Crippen MR) is 75.9 cm³/mol. The number of hydrogen-bond donors (Lipinski definition) is 1. The summed E-state index contributed by atoms with van der Waals surface area (Å²) in [6.07, 6.45) is 3.29. The minimum Gasteiger partial charge on any atom is -0.338 e. The van der Waals surface area contributed by atoms with Crippen molar-refractivity contribution < 1.29 is 0 Å². The number of imidazole rings is 1. The van der Waals surface area contributed by atoms with Gasteiger partial charge in [0.1, 0.15) is 5.82 Å². The first-order valence-corrected chi connectivity index (χ1v) is 6.55. The molecule has 0 amide bonds. The van der Waals surface area contributed by atoms with E-state index in [2.05, 4.69) is 34.1 Å². The number of aryl methyl sites for hydroxylation is 1. The molecular formula is C14H16ClN3. The lowest BCUT2D eigenvalue weighted by atomic mass is 10.1. The number of rotatable bonds is 1. The van der Waals surface area contributed by atoms with Gasteiger partial charge in [-0.1, -0.05) is 17.7 Å². The molecular weight excluding hydrogens is 246 g/mol. The van der Waals surface area contributed by atoms with Gasteiger partial charge in [0.2, 0.25) is 0 Å². The van der Waals surface area contributed by atoms with Crippen molar-refractivity contribution in [1.82, 2.24) is 14.9 Å². The van der Waals surface area contributed by atoms with Crippen molar-refractivity contribution in [3.05, 3.63) is 34.6 Å². The average Bonchev–Trinajstić information content (AvgIpc) is 2.73. The van der Waals surface area contributed by atoms with Crippen LogP contribution in [-0.4, -0.2) is 35.0 Å². The highest BCUT2D eigenvalue weighted by atomic mass is 35.5. The summed E-state index contributed by atoms with van der Waals surface area (Å²) in [6.45, 7) is 4.09. The summed E-state index contributed by atoms with van der Waals surface area (Å²) in [5, 5.41) is 0.776. The van der Waals surface area contributed by atoms with E-state index in [9.17, 15) is 0 Å².